The van der Waals surface area contributed by atoms with Gasteiger partial charge in [-0.3, -0.25) is 9.80 Å². The summed E-state index contributed by atoms with van der Waals surface area (Å²) in [6, 6.07) is 34.8. The van der Waals surface area contributed by atoms with E-state index >= 15 is 0 Å². The van der Waals surface area contributed by atoms with Gasteiger partial charge in [-0.25, -0.2) is 14.4 Å². The van der Waals surface area contributed by atoms with E-state index in [-0.39, 0.29) is 44.5 Å². The van der Waals surface area contributed by atoms with Crippen LogP contribution in [0.25, 0.3) is 0 Å². The molecule has 1 unspecified atom stereocenters. The lowest BCUT2D eigenvalue weighted by Crippen LogP contribution is -2.48. The van der Waals surface area contributed by atoms with E-state index in [0.29, 0.717) is 17.9 Å². The van der Waals surface area contributed by atoms with Gasteiger partial charge in [-0.1, -0.05) is 119 Å². The quantitative estimate of drug-likeness (QED) is 0.134. The molecule has 0 aromatic heterocycles. The van der Waals surface area contributed by atoms with E-state index in [9.17, 15) is 19.5 Å². The minimum Gasteiger partial charge on any atom is -0.489 e. The number of carbonyl (C=O) groups is 3. The molecule has 4 aromatic carbocycles. The predicted octanol–water partition coefficient (Wildman–Crippen LogP) is 7.23. The highest BCUT2D eigenvalue weighted by atomic mass is 16.7. The van der Waals surface area contributed by atoms with Gasteiger partial charge < -0.3 is 28.8 Å². The first-order valence-corrected chi connectivity index (χ1v) is 17.3. The number of cyclic esters (lactones) is 1. The molecule has 0 saturated carbocycles. The average Bonchev–Trinajstić information content (AvgIpc) is 3.74. The van der Waals surface area contributed by atoms with Crippen molar-refractivity contribution in [1.82, 2.24) is 9.80 Å². The number of amides is 2. The van der Waals surface area contributed by atoms with E-state index in [2.05, 4.69) is 0 Å². The lowest BCUT2D eigenvalue weighted by molar-refractivity contribution is -0.193. The molecule has 2 aliphatic rings. The summed E-state index contributed by atoms with van der Waals surface area (Å²) in [6.07, 6.45) is -1.04. The molecule has 4 aromatic rings. The van der Waals surface area contributed by atoms with Crippen LogP contribution in [0, 0.1) is 11.8 Å². The first-order valence-electron chi connectivity index (χ1n) is 17.3. The van der Waals surface area contributed by atoms with Gasteiger partial charge in [-0.05, 0) is 52.8 Å². The second-order valence-corrected chi connectivity index (χ2v) is 13.3. The van der Waals surface area contributed by atoms with Crippen LogP contribution in [0.3, 0.4) is 0 Å². The second-order valence-electron chi connectivity index (χ2n) is 13.3. The van der Waals surface area contributed by atoms with Gasteiger partial charge in [0.1, 0.15) is 38.3 Å². The molecule has 274 valence electrons. The van der Waals surface area contributed by atoms with E-state index in [1.165, 1.54) is 9.80 Å². The zero-order valence-electron chi connectivity index (χ0n) is 29.9. The fraction of sp³-hybridized carbons (Fsp3) is 0.341. The summed E-state index contributed by atoms with van der Waals surface area (Å²) < 4.78 is 27.2. The van der Waals surface area contributed by atoms with Crippen molar-refractivity contribution in [1.29, 1.82) is 0 Å². The summed E-state index contributed by atoms with van der Waals surface area (Å²) in [5.74, 6) is -1.40. The van der Waals surface area contributed by atoms with Crippen LogP contribution < -0.4 is 4.74 Å². The van der Waals surface area contributed by atoms with E-state index in [0.717, 1.165) is 16.7 Å². The molecule has 0 radical (unpaired) electrons. The Morgan fingerprint density at radius 2 is 1.17 bits per heavy atom. The maximum Gasteiger partial charge on any atom is 0.413 e. The Bertz CT molecular complexity index is 1740. The van der Waals surface area contributed by atoms with Gasteiger partial charge in [0.2, 0.25) is 5.79 Å². The number of aliphatic hydroxyl groups is 1. The molecule has 11 heteroatoms. The Kier molecular flexibility index (Phi) is 12.9. The third-order valence-corrected chi connectivity index (χ3v) is 8.74. The highest BCUT2D eigenvalue weighted by Crippen LogP contribution is 2.40. The SMILES string of the molecule is CC(C)[C@@H]1N(C(=O)OCc2ccccc2)COC1(O)c1ccc(OCc2ccccc2)cc1.CC(C)[C@H]1C(=O)OCN1C(=O)OCc1ccccc1. The molecule has 11 nitrogen and oxygen atoms in total. The van der Waals surface area contributed by atoms with Crippen molar-refractivity contribution in [2.75, 3.05) is 13.5 Å². The standard InChI is InChI=1S/C27H29NO5.C14H17NO4/c1-20(2)25-27(30,33-19-28(25)26(29)32-18-22-11-7-4-8-12-22)23-13-15-24(16-14-23)31-17-21-9-5-3-6-10-21;1-10(2)12-13(16)19-9-15(12)14(17)18-8-11-6-4-3-5-7-11/h3-16,20,25,30H,17-19H2,1-2H3;3-7,10,12H,8-9H2,1-2H3/t25-,27?;12-/m00/s1. The number of benzene rings is 4. The highest BCUT2D eigenvalue weighted by Gasteiger charge is 2.52. The molecule has 0 bridgehead atoms. The van der Waals surface area contributed by atoms with Gasteiger partial charge in [-0.15, -0.1) is 0 Å². The molecule has 52 heavy (non-hydrogen) atoms. The third-order valence-electron chi connectivity index (χ3n) is 8.74. The summed E-state index contributed by atoms with van der Waals surface area (Å²) in [6.45, 7) is 8.34. The van der Waals surface area contributed by atoms with Crippen molar-refractivity contribution in [3.8, 4) is 5.75 Å². The number of esters is 1. The lowest BCUT2D eigenvalue weighted by Gasteiger charge is -2.34. The number of rotatable bonds is 10. The molecular formula is C41H46N2O9. The zero-order chi connectivity index (χ0) is 37.1. The zero-order valence-corrected chi connectivity index (χ0v) is 29.9. The van der Waals surface area contributed by atoms with Gasteiger partial charge in [0.15, 0.2) is 6.73 Å². The topological polar surface area (TPSA) is 124 Å². The number of hydrogen-bond acceptors (Lipinski definition) is 9. The normalized spacial score (nSPS) is 19.6. The van der Waals surface area contributed by atoms with Crippen molar-refractivity contribution in [3.63, 3.8) is 0 Å². The minimum atomic E-state index is -1.64. The van der Waals surface area contributed by atoms with Crippen molar-refractivity contribution in [2.45, 2.75) is 65.4 Å². The van der Waals surface area contributed by atoms with Gasteiger partial charge in [0.25, 0.3) is 0 Å². The van der Waals surface area contributed by atoms with Crippen LogP contribution in [0.4, 0.5) is 9.59 Å². The summed E-state index contributed by atoms with van der Waals surface area (Å²) in [4.78, 5) is 39.1. The molecule has 2 aliphatic heterocycles. The first-order chi connectivity index (χ1) is 25.1. The first kappa shape index (κ1) is 37.9. The molecule has 6 rings (SSSR count). The molecule has 2 amide bonds. The summed E-state index contributed by atoms with van der Waals surface area (Å²) >= 11 is 0. The van der Waals surface area contributed by atoms with Crippen molar-refractivity contribution >= 4 is 18.2 Å². The Balaban J connectivity index is 0.000000233. The lowest BCUT2D eigenvalue weighted by atomic mass is 9.90. The van der Waals surface area contributed by atoms with Crippen LogP contribution in [-0.2, 0) is 49.3 Å². The van der Waals surface area contributed by atoms with Crippen LogP contribution in [0.2, 0.25) is 0 Å². The van der Waals surface area contributed by atoms with Crippen molar-refractivity contribution < 1.29 is 43.2 Å². The molecule has 2 saturated heterocycles. The van der Waals surface area contributed by atoms with Crippen LogP contribution in [0.1, 0.15) is 49.9 Å². The van der Waals surface area contributed by atoms with Crippen molar-refractivity contribution in [2.24, 2.45) is 11.8 Å². The highest BCUT2D eigenvalue weighted by molar-refractivity contribution is 5.84. The second kappa shape index (κ2) is 17.7. The Labute approximate surface area is 304 Å². The molecule has 3 atom stereocenters. The van der Waals surface area contributed by atoms with Gasteiger partial charge in [-0.2, -0.15) is 0 Å². The summed E-state index contributed by atoms with van der Waals surface area (Å²) in [7, 11) is 0. The third kappa shape index (κ3) is 9.48. The van der Waals surface area contributed by atoms with Crippen LogP contribution in [0.15, 0.2) is 115 Å². The molecule has 0 spiro atoms. The molecule has 1 N–H and O–H groups in total. The van der Waals surface area contributed by atoms with E-state index in [1.807, 2.05) is 119 Å². The maximum atomic E-state index is 12.8. The van der Waals surface area contributed by atoms with Crippen molar-refractivity contribution in [3.05, 3.63) is 138 Å². The van der Waals surface area contributed by atoms with Crippen LogP contribution >= 0.6 is 0 Å². The number of hydrogen-bond donors (Lipinski definition) is 1. The number of nitrogens with zero attached hydrogens (tertiary/aromatic N) is 2. The van der Waals surface area contributed by atoms with Gasteiger partial charge in [0.05, 0.1) is 6.04 Å². The Morgan fingerprint density at radius 3 is 1.65 bits per heavy atom. The maximum absolute atomic E-state index is 12.8. The van der Waals surface area contributed by atoms with E-state index in [1.54, 1.807) is 24.3 Å². The monoisotopic (exact) mass is 710 g/mol. The van der Waals surface area contributed by atoms with Gasteiger partial charge >= 0.3 is 18.2 Å². The Morgan fingerprint density at radius 1 is 0.692 bits per heavy atom. The average molecular weight is 711 g/mol. The molecule has 2 fully saturated rings. The molecular weight excluding hydrogens is 664 g/mol. The largest absolute Gasteiger partial charge is 0.489 e. The molecule has 0 aliphatic carbocycles. The van der Waals surface area contributed by atoms with Gasteiger partial charge in [0, 0.05) is 5.56 Å². The fourth-order valence-corrected chi connectivity index (χ4v) is 6.14. The Hall–Kier alpha value is -5.39. The predicted molar refractivity (Wildman–Crippen MR) is 192 cm³/mol. The van der Waals surface area contributed by atoms with E-state index < -0.39 is 30.1 Å². The van der Waals surface area contributed by atoms with Crippen LogP contribution in [0.5, 0.6) is 5.75 Å². The summed E-state index contributed by atoms with van der Waals surface area (Å²) in [5, 5.41) is 11.5. The molecule has 2 heterocycles. The fourth-order valence-electron chi connectivity index (χ4n) is 6.14. The smallest absolute Gasteiger partial charge is 0.413 e. The number of carbonyl (C=O) groups excluding carboxylic acids is 3. The number of ether oxygens (including phenoxy) is 5. The summed E-state index contributed by atoms with van der Waals surface area (Å²) in [5.41, 5.74) is 3.44. The van der Waals surface area contributed by atoms with Crippen LogP contribution in [-0.4, -0.2) is 58.6 Å². The minimum absolute atomic E-state index is 0.000671. The van der Waals surface area contributed by atoms with E-state index in [4.69, 9.17) is 23.7 Å².